The van der Waals surface area contributed by atoms with Gasteiger partial charge in [0.15, 0.2) is 0 Å². The Labute approximate surface area is 49.4 Å². The average Bonchev–Trinajstić information content (AvgIpc) is 1.62. The molecule has 0 aliphatic carbocycles. The van der Waals surface area contributed by atoms with Crippen molar-refractivity contribution < 1.29 is 4.84 Å². The molecule has 0 atom stereocenters. The molecule has 0 bridgehead atoms. The van der Waals surface area contributed by atoms with Crippen LogP contribution < -0.4 is 10.8 Å². The molecule has 0 radical (unpaired) electrons. The van der Waals surface area contributed by atoms with Gasteiger partial charge in [0, 0.05) is 13.1 Å². The molecule has 1 fully saturated rings. The second-order valence-corrected chi connectivity index (χ2v) is 1.85. The minimum Gasteiger partial charge on any atom is -0.315 e. The molecule has 48 valence electrons. The van der Waals surface area contributed by atoms with Crippen LogP contribution in [-0.4, -0.2) is 26.2 Å². The Morgan fingerprint density at radius 1 is 1.12 bits per heavy atom. The molecule has 3 heteroatoms. The van der Waals surface area contributed by atoms with Gasteiger partial charge in [0.05, 0.1) is 6.61 Å². The van der Waals surface area contributed by atoms with Crippen molar-refractivity contribution in [3.63, 3.8) is 0 Å². The molecule has 0 aromatic rings. The number of hydrogen-bond acceptors (Lipinski definition) is 3. The quantitative estimate of drug-likeness (QED) is 0.447. The fourth-order valence-electron chi connectivity index (χ4n) is 0.678. The summed E-state index contributed by atoms with van der Waals surface area (Å²) >= 11 is 0. The molecule has 1 rings (SSSR count). The number of rotatable bonds is 0. The van der Waals surface area contributed by atoms with E-state index in [0.717, 1.165) is 32.7 Å². The van der Waals surface area contributed by atoms with Crippen LogP contribution in [0.3, 0.4) is 0 Å². The first-order valence-corrected chi connectivity index (χ1v) is 3.05. The van der Waals surface area contributed by atoms with Crippen molar-refractivity contribution in [3.05, 3.63) is 0 Å². The van der Waals surface area contributed by atoms with Crippen LogP contribution in [0, 0.1) is 0 Å². The number of hydrogen-bond donors (Lipinski definition) is 2. The molecule has 0 aromatic carbocycles. The Hall–Kier alpha value is -0.120. The summed E-state index contributed by atoms with van der Waals surface area (Å²) in [5.74, 6) is 0. The summed E-state index contributed by atoms with van der Waals surface area (Å²) < 4.78 is 0. The summed E-state index contributed by atoms with van der Waals surface area (Å²) in [6.07, 6.45) is 1.10. The largest absolute Gasteiger partial charge is 0.315 e. The Morgan fingerprint density at radius 3 is 3.12 bits per heavy atom. The third kappa shape index (κ3) is 2.26. The summed E-state index contributed by atoms with van der Waals surface area (Å²) in [6.45, 7) is 3.84. The second-order valence-electron chi connectivity index (χ2n) is 1.85. The van der Waals surface area contributed by atoms with E-state index in [4.69, 9.17) is 4.84 Å². The van der Waals surface area contributed by atoms with Gasteiger partial charge in [-0.05, 0) is 13.0 Å². The predicted octanol–water partition coefficient (Wildman–Crippen LogP) is -0.499. The van der Waals surface area contributed by atoms with Crippen molar-refractivity contribution >= 4 is 0 Å². The maximum absolute atomic E-state index is 4.98. The molecule has 1 saturated heterocycles. The van der Waals surface area contributed by atoms with Crippen LogP contribution in [0.5, 0.6) is 0 Å². The third-order valence-corrected chi connectivity index (χ3v) is 1.11. The molecule has 1 aliphatic heterocycles. The Bertz CT molecular complexity index is 34.4. The molecule has 1 heterocycles. The maximum atomic E-state index is 4.98. The van der Waals surface area contributed by atoms with E-state index in [1.54, 1.807) is 0 Å². The van der Waals surface area contributed by atoms with Crippen LogP contribution >= 0.6 is 0 Å². The van der Waals surface area contributed by atoms with Gasteiger partial charge >= 0.3 is 0 Å². The molecule has 0 spiro atoms. The summed E-state index contributed by atoms with van der Waals surface area (Å²) in [6, 6.07) is 0. The van der Waals surface area contributed by atoms with Crippen molar-refractivity contribution in [2.45, 2.75) is 6.42 Å². The molecule has 3 nitrogen and oxygen atoms in total. The molecule has 8 heavy (non-hydrogen) atoms. The van der Waals surface area contributed by atoms with Gasteiger partial charge in [0.2, 0.25) is 0 Å². The summed E-state index contributed by atoms with van der Waals surface area (Å²) in [4.78, 5) is 4.98. The zero-order chi connectivity index (χ0) is 5.66. The van der Waals surface area contributed by atoms with E-state index in [9.17, 15) is 0 Å². The Kier molecular flexibility index (Phi) is 2.88. The number of hydroxylamine groups is 1. The third-order valence-electron chi connectivity index (χ3n) is 1.11. The Morgan fingerprint density at radius 2 is 2.12 bits per heavy atom. The van der Waals surface area contributed by atoms with E-state index in [-0.39, 0.29) is 0 Å². The van der Waals surface area contributed by atoms with E-state index < -0.39 is 0 Å². The van der Waals surface area contributed by atoms with Crippen LogP contribution in [0.2, 0.25) is 0 Å². The second kappa shape index (κ2) is 3.83. The van der Waals surface area contributed by atoms with Crippen molar-refractivity contribution in [3.8, 4) is 0 Å². The van der Waals surface area contributed by atoms with Crippen LogP contribution in [0.4, 0.5) is 0 Å². The molecule has 0 amide bonds. The van der Waals surface area contributed by atoms with Crippen LogP contribution in [0.15, 0.2) is 0 Å². The lowest BCUT2D eigenvalue weighted by Crippen LogP contribution is -2.32. The van der Waals surface area contributed by atoms with E-state index in [1.165, 1.54) is 0 Å². The fourth-order valence-corrected chi connectivity index (χ4v) is 0.678. The normalized spacial score (nSPS) is 24.0. The highest BCUT2D eigenvalue weighted by atomic mass is 16.6. The smallest absolute Gasteiger partial charge is 0.0694 e. The molecule has 0 saturated carbocycles. The topological polar surface area (TPSA) is 33.3 Å². The van der Waals surface area contributed by atoms with Crippen LogP contribution in [0.1, 0.15) is 6.42 Å². The lowest BCUT2D eigenvalue weighted by molar-refractivity contribution is 0.0340. The summed E-state index contributed by atoms with van der Waals surface area (Å²) in [7, 11) is 0. The van der Waals surface area contributed by atoms with E-state index in [0.29, 0.717) is 0 Å². The Balaban J connectivity index is 2.00. The summed E-state index contributed by atoms with van der Waals surface area (Å²) in [5.41, 5.74) is 2.82. The molecule has 0 unspecified atom stereocenters. The van der Waals surface area contributed by atoms with Gasteiger partial charge in [-0.3, -0.25) is 0 Å². The van der Waals surface area contributed by atoms with Crippen molar-refractivity contribution in [1.82, 2.24) is 10.8 Å². The minimum absolute atomic E-state index is 0.826. The minimum atomic E-state index is 0.826. The SMILES string of the molecule is C1CNCCNOC1. The lowest BCUT2D eigenvalue weighted by Gasteiger charge is -2.10. The van der Waals surface area contributed by atoms with Gasteiger partial charge in [-0.2, -0.15) is 0 Å². The highest BCUT2D eigenvalue weighted by Gasteiger charge is 1.92. The maximum Gasteiger partial charge on any atom is 0.0694 e. The fraction of sp³-hybridized carbons (Fsp3) is 1.00. The first-order chi connectivity index (χ1) is 4.00. The van der Waals surface area contributed by atoms with Crippen LogP contribution in [-0.2, 0) is 4.84 Å². The zero-order valence-corrected chi connectivity index (χ0v) is 4.94. The first-order valence-electron chi connectivity index (χ1n) is 3.05. The molecule has 2 N–H and O–H groups in total. The van der Waals surface area contributed by atoms with Gasteiger partial charge in [-0.15, -0.1) is 0 Å². The zero-order valence-electron chi connectivity index (χ0n) is 4.94. The average molecular weight is 116 g/mol. The molecule has 1 aliphatic rings. The van der Waals surface area contributed by atoms with Crippen molar-refractivity contribution in [2.75, 3.05) is 26.2 Å². The first kappa shape index (κ1) is 6.01. The van der Waals surface area contributed by atoms with Gasteiger partial charge in [-0.1, -0.05) is 0 Å². The van der Waals surface area contributed by atoms with Crippen molar-refractivity contribution in [1.29, 1.82) is 0 Å². The highest BCUT2D eigenvalue weighted by molar-refractivity contribution is 4.49. The molecular formula is C5H12N2O. The highest BCUT2D eigenvalue weighted by Crippen LogP contribution is 1.79. The lowest BCUT2D eigenvalue weighted by atomic mass is 10.4. The van der Waals surface area contributed by atoms with E-state index in [2.05, 4.69) is 10.8 Å². The van der Waals surface area contributed by atoms with Gasteiger partial charge in [0.25, 0.3) is 0 Å². The standard InChI is InChI=1S/C5H12N2O/c1-2-6-3-4-7-8-5-1/h6-7H,1-5H2. The molecule has 0 aromatic heterocycles. The van der Waals surface area contributed by atoms with E-state index in [1.807, 2.05) is 0 Å². The summed E-state index contributed by atoms with van der Waals surface area (Å²) in [5, 5.41) is 3.24. The number of nitrogens with one attached hydrogen (secondary N) is 2. The van der Waals surface area contributed by atoms with Gasteiger partial charge in [-0.25, -0.2) is 5.48 Å². The molecular weight excluding hydrogens is 104 g/mol. The predicted molar refractivity (Wildman–Crippen MR) is 31.4 cm³/mol. The monoisotopic (exact) mass is 116 g/mol. The van der Waals surface area contributed by atoms with E-state index >= 15 is 0 Å². The van der Waals surface area contributed by atoms with Gasteiger partial charge < -0.3 is 10.2 Å². The van der Waals surface area contributed by atoms with Crippen molar-refractivity contribution in [2.24, 2.45) is 0 Å². The van der Waals surface area contributed by atoms with Gasteiger partial charge in [0.1, 0.15) is 0 Å². The van der Waals surface area contributed by atoms with Crippen LogP contribution in [0.25, 0.3) is 0 Å².